The maximum absolute atomic E-state index is 13.8. The highest BCUT2D eigenvalue weighted by molar-refractivity contribution is 5.95. The van der Waals surface area contributed by atoms with Gasteiger partial charge in [0.1, 0.15) is 0 Å². The molecular weight excluding hydrogens is 404 g/mol. The molecule has 6 heteroatoms. The van der Waals surface area contributed by atoms with E-state index in [-0.39, 0.29) is 18.0 Å². The summed E-state index contributed by atoms with van der Waals surface area (Å²) in [7, 11) is 3.28. The summed E-state index contributed by atoms with van der Waals surface area (Å²) in [5, 5.41) is 3.50. The summed E-state index contributed by atoms with van der Waals surface area (Å²) in [6, 6.07) is 16.1. The molecule has 1 fully saturated rings. The van der Waals surface area contributed by atoms with Gasteiger partial charge in [-0.3, -0.25) is 4.79 Å². The summed E-state index contributed by atoms with van der Waals surface area (Å²) in [6.45, 7) is 7.02. The Morgan fingerprint density at radius 3 is 2.56 bits per heavy atom. The molecule has 3 rings (SSSR count). The van der Waals surface area contributed by atoms with Crippen LogP contribution in [0.3, 0.4) is 0 Å². The Labute approximate surface area is 191 Å². The molecule has 1 aliphatic heterocycles. The van der Waals surface area contributed by atoms with Gasteiger partial charge in [0.05, 0.1) is 19.8 Å². The lowest BCUT2D eigenvalue weighted by Crippen LogP contribution is -2.54. The zero-order valence-corrected chi connectivity index (χ0v) is 19.7. The minimum atomic E-state index is 0.0130. The molecule has 0 bridgehead atoms. The number of methoxy groups -OCH3 is 2. The van der Waals surface area contributed by atoms with Gasteiger partial charge in [-0.2, -0.15) is 0 Å². The quantitative estimate of drug-likeness (QED) is 0.564. The predicted octanol–water partition coefficient (Wildman–Crippen LogP) is 4.11. The minimum absolute atomic E-state index is 0.0130. The highest BCUT2D eigenvalue weighted by atomic mass is 16.5. The molecular formula is C26H36N2O4. The van der Waals surface area contributed by atoms with Crippen molar-refractivity contribution in [2.24, 2.45) is 0 Å². The lowest BCUT2D eigenvalue weighted by molar-refractivity contribution is 0.0537. The molecule has 0 unspecified atom stereocenters. The van der Waals surface area contributed by atoms with E-state index in [1.807, 2.05) is 23.1 Å². The summed E-state index contributed by atoms with van der Waals surface area (Å²) >= 11 is 0. The first kappa shape index (κ1) is 24.1. The zero-order valence-electron chi connectivity index (χ0n) is 19.7. The number of amides is 1. The molecule has 0 saturated carbocycles. The van der Waals surface area contributed by atoms with Gasteiger partial charge in [0.2, 0.25) is 0 Å². The van der Waals surface area contributed by atoms with Crippen molar-refractivity contribution in [3.8, 4) is 11.5 Å². The molecule has 2 atom stereocenters. The maximum Gasteiger partial charge on any atom is 0.254 e. The van der Waals surface area contributed by atoms with E-state index in [1.54, 1.807) is 20.3 Å². The Kier molecular flexibility index (Phi) is 8.94. The lowest BCUT2D eigenvalue weighted by Gasteiger charge is -2.43. The fraction of sp³-hybridized carbons (Fsp3) is 0.500. The second-order valence-corrected chi connectivity index (χ2v) is 8.44. The predicted molar refractivity (Wildman–Crippen MR) is 127 cm³/mol. The van der Waals surface area contributed by atoms with E-state index in [0.29, 0.717) is 36.2 Å². The van der Waals surface area contributed by atoms with E-state index < -0.39 is 0 Å². The Bertz CT molecular complexity index is 856. The van der Waals surface area contributed by atoms with Gasteiger partial charge in [0.25, 0.3) is 5.91 Å². The molecule has 1 saturated heterocycles. The summed E-state index contributed by atoms with van der Waals surface area (Å²) in [5.41, 5.74) is 1.90. The van der Waals surface area contributed by atoms with E-state index in [9.17, 15) is 4.79 Å². The first-order valence-corrected chi connectivity index (χ1v) is 11.4. The number of nitrogens with zero attached hydrogens (tertiary/aromatic N) is 1. The highest BCUT2D eigenvalue weighted by Gasteiger charge is 2.35. The van der Waals surface area contributed by atoms with Crippen LogP contribution in [0.5, 0.6) is 11.5 Å². The van der Waals surface area contributed by atoms with Crippen LogP contribution in [0.15, 0.2) is 48.5 Å². The topological polar surface area (TPSA) is 60.0 Å². The SMILES string of the molecule is COCCCOc1cc(C(=O)N(C(C)C)[C@H]2CNCC[C@@H]2c2ccccc2)ccc1OC. The number of nitrogens with one attached hydrogen (secondary N) is 1. The van der Waals surface area contributed by atoms with Crippen molar-refractivity contribution in [1.29, 1.82) is 0 Å². The van der Waals surface area contributed by atoms with Crippen LogP contribution in [0.25, 0.3) is 0 Å². The van der Waals surface area contributed by atoms with Crippen molar-refractivity contribution in [3.05, 3.63) is 59.7 Å². The molecule has 0 spiro atoms. The normalized spacial score (nSPS) is 18.4. The van der Waals surface area contributed by atoms with Crippen LogP contribution >= 0.6 is 0 Å². The fourth-order valence-corrected chi connectivity index (χ4v) is 4.45. The third kappa shape index (κ3) is 5.81. The number of carbonyl (C=O) groups is 1. The third-order valence-electron chi connectivity index (χ3n) is 5.99. The fourth-order valence-electron chi connectivity index (χ4n) is 4.45. The molecule has 1 amide bonds. The van der Waals surface area contributed by atoms with E-state index in [2.05, 4.69) is 43.4 Å². The monoisotopic (exact) mass is 440 g/mol. The Hall–Kier alpha value is -2.57. The first-order valence-electron chi connectivity index (χ1n) is 11.4. The van der Waals surface area contributed by atoms with Crippen LogP contribution in [-0.4, -0.2) is 63.4 Å². The summed E-state index contributed by atoms with van der Waals surface area (Å²) < 4.78 is 16.4. The van der Waals surface area contributed by atoms with Crippen molar-refractivity contribution < 1.29 is 19.0 Å². The second-order valence-electron chi connectivity index (χ2n) is 8.44. The van der Waals surface area contributed by atoms with Crippen molar-refractivity contribution in [1.82, 2.24) is 10.2 Å². The molecule has 174 valence electrons. The number of benzene rings is 2. The van der Waals surface area contributed by atoms with Crippen LogP contribution in [0, 0.1) is 0 Å². The van der Waals surface area contributed by atoms with Gasteiger partial charge in [0, 0.05) is 44.2 Å². The van der Waals surface area contributed by atoms with Gasteiger partial charge in [-0.1, -0.05) is 30.3 Å². The van der Waals surface area contributed by atoms with Gasteiger partial charge in [-0.25, -0.2) is 0 Å². The van der Waals surface area contributed by atoms with Gasteiger partial charge >= 0.3 is 0 Å². The standard InChI is InChI=1S/C26H36N2O4/c1-19(2)28(23-18-27-14-13-22(23)20-9-6-5-7-10-20)26(29)21-11-12-24(31-4)25(17-21)32-16-8-15-30-3/h5-7,9-12,17,19,22-23,27H,8,13-16,18H2,1-4H3/t22-,23+/m1/s1. The van der Waals surface area contributed by atoms with Crippen LogP contribution in [-0.2, 0) is 4.74 Å². The highest BCUT2D eigenvalue weighted by Crippen LogP contribution is 2.33. The number of carbonyl (C=O) groups excluding carboxylic acids is 1. The smallest absolute Gasteiger partial charge is 0.254 e. The average Bonchev–Trinajstić information content (AvgIpc) is 2.82. The van der Waals surface area contributed by atoms with Crippen LogP contribution in [0.2, 0.25) is 0 Å². The van der Waals surface area contributed by atoms with E-state index in [0.717, 1.165) is 25.9 Å². The number of hydrogen-bond donors (Lipinski definition) is 1. The van der Waals surface area contributed by atoms with E-state index in [4.69, 9.17) is 14.2 Å². The minimum Gasteiger partial charge on any atom is -0.493 e. The number of piperidine rings is 1. The molecule has 32 heavy (non-hydrogen) atoms. The third-order valence-corrected chi connectivity index (χ3v) is 5.99. The molecule has 0 aliphatic carbocycles. The molecule has 0 aromatic heterocycles. The van der Waals surface area contributed by atoms with Gasteiger partial charge < -0.3 is 24.4 Å². The van der Waals surface area contributed by atoms with Gasteiger partial charge in [0.15, 0.2) is 11.5 Å². The van der Waals surface area contributed by atoms with Gasteiger partial charge in [-0.15, -0.1) is 0 Å². The molecule has 6 nitrogen and oxygen atoms in total. The number of hydrogen-bond acceptors (Lipinski definition) is 5. The first-order chi connectivity index (χ1) is 15.6. The van der Waals surface area contributed by atoms with Crippen LogP contribution < -0.4 is 14.8 Å². The molecule has 2 aromatic rings. The van der Waals surface area contributed by atoms with Crippen molar-refractivity contribution in [2.45, 2.75) is 44.7 Å². The van der Waals surface area contributed by atoms with Crippen molar-refractivity contribution in [3.63, 3.8) is 0 Å². The molecule has 1 aliphatic rings. The van der Waals surface area contributed by atoms with E-state index in [1.165, 1.54) is 5.56 Å². The molecule has 1 N–H and O–H groups in total. The molecule has 1 heterocycles. The zero-order chi connectivity index (χ0) is 22.9. The average molecular weight is 441 g/mol. The maximum atomic E-state index is 13.8. The summed E-state index contributed by atoms with van der Waals surface area (Å²) in [4.78, 5) is 15.8. The summed E-state index contributed by atoms with van der Waals surface area (Å²) in [6.07, 6.45) is 1.77. The second kappa shape index (κ2) is 11.9. The Morgan fingerprint density at radius 2 is 1.88 bits per heavy atom. The molecule has 2 aromatic carbocycles. The van der Waals surface area contributed by atoms with Crippen molar-refractivity contribution >= 4 is 5.91 Å². The van der Waals surface area contributed by atoms with Crippen LogP contribution in [0.1, 0.15) is 48.5 Å². The summed E-state index contributed by atoms with van der Waals surface area (Å²) in [5.74, 6) is 1.52. The Morgan fingerprint density at radius 1 is 1.09 bits per heavy atom. The lowest BCUT2D eigenvalue weighted by atomic mass is 9.84. The molecule has 0 radical (unpaired) electrons. The largest absolute Gasteiger partial charge is 0.493 e. The Balaban J connectivity index is 1.86. The number of ether oxygens (including phenoxy) is 3. The number of rotatable bonds is 10. The van der Waals surface area contributed by atoms with Crippen molar-refractivity contribution in [2.75, 3.05) is 40.5 Å². The van der Waals surface area contributed by atoms with Gasteiger partial charge in [-0.05, 0) is 50.6 Å². The van der Waals surface area contributed by atoms with Crippen LogP contribution in [0.4, 0.5) is 0 Å². The van der Waals surface area contributed by atoms with E-state index >= 15 is 0 Å².